The molecule has 3 rings (SSSR count). The number of hydrogen-bond acceptors (Lipinski definition) is 4. The summed E-state index contributed by atoms with van der Waals surface area (Å²) >= 11 is 0. The SMILES string of the molecule is COc1ccccc1CNC(=O)CCc1ccc(S(=O)(=O)N2CCCC2)cc1. The van der Waals surface area contributed by atoms with E-state index in [1.54, 1.807) is 31.4 Å². The lowest BCUT2D eigenvalue weighted by Crippen LogP contribution is -2.27. The summed E-state index contributed by atoms with van der Waals surface area (Å²) < 4.78 is 31.9. The van der Waals surface area contributed by atoms with Crippen molar-refractivity contribution in [1.29, 1.82) is 0 Å². The van der Waals surface area contributed by atoms with E-state index >= 15 is 0 Å². The molecule has 0 saturated carbocycles. The summed E-state index contributed by atoms with van der Waals surface area (Å²) in [5.74, 6) is 0.692. The summed E-state index contributed by atoms with van der Waals surface area (Å²) in [5.41, 5.74) is 1.86. The van der Waals surface area contributed by atoms with E-state index in [0.29, 0.717) is 37.4 Å². The lowest BCUT2D eigenvalue weighted by atomic mass is 10.1. The van der Waals surface area contributed by atoms with Gasteiger partial charge < -0.3 is 10.1 Å². The van der Waals surface area contributed by atoms with Gasteiger partial charge in [-0.2, -0.15) is 4.31 Å². The summed E-state index contributed by atoms with van der Waals surface area (Å²) in [5, 5.41) is 2.90. The second kappa shape index (κ2) is 9.21. The molecule has 2 aromatic carbocycles. The van der Waals surface area contributed by atoms with E-state index < -0.39 is 10.0 Å². The molecule has 1 fully saturated rings. The van der Waals surface area contributed by atoms with Crippen LogP contribution in [0.2, 0.25) is 0 Å². The standard InChI is InChI=1S/C21H26N2O4S/c1-27-20-7-3-2-6-18(20)16-22-21(24)13-10-17-8-11-19(12-9-17)28(25,26)23-14-4-5-15-23/h2-3,6-9,11-12H,4-5,10,13-16H2,1H3,(H,22,24). The molecular weight excluding hydrogens is 376 g/mol. The van der Waals surface area contributed by atoms with E-state index in [2.05, 4.69) is 5.32 Å². The molecule has 0 aliphatic carbocycles. The first-order chi connectivity index (χ1) is 13.5. The van der Waals surface area contributed by atoms with Gasteiger partial charge in [0.1, 0.15) is 5.75 Å². The first kappa shape index (κ1) is 20.4. The summed E-state index contributed by atoms with van der Waals surface area (Å²) in [7, 11) is -1.79. The van der Waals surface area contributed by atoms with Crippen molar-refractivity contribution in [3.8, 4) is 5.75 Å². The van der Waals surface area contributed by atoms with Crippen LogP contribution >= 0.6 is 0 Å². The molecule has 0 atom stereocenters. The number of nitrogens with zero attached hydrogens (tertiary/aromatic N) is 1. The Morgan fingerprint density at radius 3 is 2.43 bits per heavy atom. The fourth-order valence-corrected chi connectivity index (χ4v) is 4.81. The van der Waals surface area contributed by atoms with Crippen molar-refractivity contribution in [3.05, 3.63) is 59.7 Å². The Balaban J connectivity index is 1.51. The number of carbonyl (C=O) groups is 1. The molecule has 0 unspecified atom stereocenters. The monoisotopic (exact) mass is 402 g/mol. The number of benzene rings is 2. The highest BCUT2D eigenvalue weighted by molar-refractivity contribution is 7.89. The van der Waals surface area contributed by atoms with Gasteiger partial charge in [0.25, 0.3) is 0 Å². The molecule has 1 N–H and O–H groups in total. The Hall–Kier alpha value is -2.38. The highest BCUT2D eigenvalue weighted by Crippen LogP contribution is 2.21. The zero-order chi connectivity index (χ0) is 20.0. The molecular formula is C21H26N2O4S. The van der Waals surface area contributed by atoms with Crippen molar-refractivity contribution in [2.75, 3.05) is 20.2 Å². The molecule has 1 amide bonds. The van der Waals surface area contributed by atoms with Crippen LogP contribution in [0, 0.1) is 0 Å². The maximum Gasteiger partial charge on any atom is 0.243 e. The molecule has 0 radical (unpaired) electrons. The summed E-state index contributed by atoms with van der Waals surface area (Å²) in [6.07, 6.45) is 2.73. The minimum atomic E-state index is -3.39. The Labute approximate surface area is 166 Å². The molecule has 0 bridgehead atoms. The van der Waals surface area contributed by atoms with Gasteiger partial charge in [-0.05, 0) is 43.0 Å². The number of hydrogen-bond donors (Lipinski definition) is 1. The van der Waals surface area contributed by atoms with E-state index in [1.165, 1.54) is 4.31 Å². The fourth-order valence-electron chi connectivity index (χ4n) is 3.29. The number of sulfonamides is 1. The summed E-state index contributed by atoms with van der Waals surface area (Å²) in [6.45, 7) is 1.60. The second-order valence-electron chi connectivity index (χ2n) is 6.84. The van der Waals surface area contributed by atoms with Gasteiger partial charge in [0.2, 0.25) is 15.9 Å². The van der Waals surface area contributed by atoms with E-state index in [9.17, 15) is 13.2 Å². The smallest absolute Gasteiger partial charge is 0.243 e. The van der Waals surface area contributed by atoms with Crippen molar-refractivity contribution >= 4 is 15.9 Å². The van der Waals surface area contributed by atoms with Crippen LogP contribution in [-0.4, -0.2) is 38.8 Å². The van der Waals surface area contributed by atoms with Crippen LogP contribution in [0.3, 0.4) is 0 Å². The number of para-hydroxylation sites is 1. The Bertz CT molecular complexity index is 904. The average Bonchev–Trinajstić information content (AvgIpc) is 3.27. The van der Waals surface area contributed by atoms with Crippen LogP contribution in [0.4, 0.5) is 0 Å². The Kier molecular flexibility index (Phi) is 6.70. The number of carbonyl (C=O) groups excluding carboxylic acids is 1. The average molecular weight is 403 g/mol. The van der Waals surface area contributed by atoms with Crippen LogP contribution in [0.25, 0.3) is 0 Å². The molecule has 1 saturated heterocycles. The molecule has 0 aromatic heterocycles. The second-order valence-corrected chi connectivity index (χ2v) is 8.78. The van der Waals surface area contributed by atoms with Crippen LogP contribution < -0.4 is 10.1 Å². The van der Waals surface area contributed by atoms with Crippen molar-refractivity contribution in [1.82, 2.24) is 9.62 Å². The molecule has 2 aromatic rings. The first-order valence-corrected chi connectivity index (χ1v) is 10.9. The van der Waals surface area contributed by atoms with Crippen LogP contribution in [0.5, 0.6) is 5.75 Å². The molecule has 6 nitrogen and oxygen atoms in total. The van der Waals surface area contributed by atoms with Crippen LogP contribution in [-0.2, 0) is 27.8 Å². The molecule has 28 heavy (non-hydrogen) atoms. The predicted molar refractivity (Wildman–Crippen MR) is 108 cm³/mol. The fraction of sp³-hybridized carbons (Fsp3) is 0.381. The van der Waals surface area contributed by atoms with Crippen LogP contribution in [0.1, 0.15) is 30.4 Å². The van der Waals surface area contributed by atoms with Gasteiger partial charge >= 0.3 is 0 Å². The number of methoxy groups -OCH3 is 1. The Morgan fingerprint density at radius 2 is 1.75 bits per heavy atom. The third-order valence-electron chi connectivity index (χ3n) is 4.94. The van der Waals surface area contributed by atoms with Gasteiger partial charge in [-0.1, -0.05) is 30.3 Å². The number of rotatable bonds is 8. The van der Waals surface area contributed by atoms with Gasteiger partial charge in [0.15, 0.2) is 0 Å². The minimum absolute atomic E-state index is 0.0559. The largest absolute Gasteiger partial charge is 0.496 e. The minimum Gasteiger partial charge on any atom is -0.496 e. The van der Waals surface area contributed by atoms with E-state index in [0.717, 1.165) is 29.7 Å². The van der Waals surface area contributed by atoms with Crippen molar-refractivity contribution in [2.24, 2.45) is 0 Å². The molecule has 0 spiro atoms. The predicted octanol–water partition coefficient (Wildman–Crippen LogP) is 2.73. The van der Waals surface area contributed by atoms with Crippen molar-refractivity contribution < 1.29 is 17.9 Å². The van der Waals surface area contributed by atoms with Crippen molar-refractivity contribution in [2.45, 2.75) is 37.1 Å². The van der Waals surface area contributed by atoms with E-state index in [1.807, 2.05) is 24.3 Å². The number of nitrogens with one attached hydrogen (secondary N) is 1. The lowest BCUT2D eigenvalue weighted by molar-refractivity contribution is -0.121. The van der Waals surface area contributed by atoms with Crippen LogP contribution in [0.15, 0.2) is 53.4 Å². The van der Waals surface area contributed by atoms with E-state index in [-0.39, 0.29) is 5.91 Å². The molecule has 1 aliphatic heterocycles. The number of amides is 1. The third-order valence-corrected chi connectivity index (χ3v) is 6.85. The zero-order valence-corrected chi connectivity index (χ0v) is 16.9. The molecule has 150 valence electrons. The topological polar surface area (TPSA) is 75.7 Å². The third kappa shape index (κ3) is 4.91. The zero-order valence-electron chi connectivity index (χ0n) is 16.1. The van der Waals surface area contributed by atoms with Gasteiger partial charge in [0.05, 0.1) is 12.0 Å². The number of ether oxygens (including phenoxy) is 1. The Morgan fingerprint density at radius 1 is 1.07 bits per heavy atom. The maximum absolute atomic E-state index is 12.5. The van der Waals surface area contributed by atoms with Gasteiger partial charge in [0, 0.05) is 31.6 Å². The lowest BCUT2D eigenvalue weighted by Gasteiger charge is -2.15. The summed E-state index contributed by atoms with van der Waals surface area (Å²) in [6, 6.07) is 14.4. The molecule has 7 heteroatoms. The highest BCUT2D eigenvalue weighted by atomic mass is 32.2. The van der Waals surface area contributed by atoms with E-state index in [4.69, 9.17) is 4.74 Å². The molecule has 1 heterocycles. The molecule has 1 aliphatic rings. The summed E-state index contributed by atoms with van der Waals surface area (Å²) in [4.78, 5) is 12.5. The maximum atomic E-state index is 12.5. The first-order valence-electron chi connectivity index (χ1n) is 9.48. The van der Waals surface area contributed by atoms with Gasteiger partial charge in [-0.25, -0.2) is 8.42 Å². The highest BCUT2D eigenvalue weighted by Gasteiger charge is 2.26. The van der Waals surface area contributed by atoms with Gasteiger partial charge in [-0.15, -0.1) is 0 Å². The van der Waals surface area contributed by atoms with Crippen molar-refractivity contribution in [3.63, 3.8) is 0 Å². The quantitative estimate of drug-likeness (QED) is 0.737. The number of aryl methyl sites for hydroxylation is 1. The van der Waals surface area contributed by atoms with Gasteiger partial charge in [-0.3, -0.25) is 4.79 Å². The normalized spacial score (nSPS) is 14.8.